The van der Waals surface area contributed by atoms with Crippen LogP contribution >= 0.6 is 11.3 Å². The molecule has 1 N–H and O–H groups in total. The molecule has 0 radical (unpaired) electrons. The van der Waals surface area contributed by atoms with E-state index in [1.165, 1.54) is 16.0 Å². The molecule has 0 bridgehead atoms. The number of ether oxygens (including phenoxy) is 1. The molecule has 1 aliphatic rings. The van der Waals surface area contributed by atoms with E-state index in [0.29, 0.717) is 6.54 Å². The average molecular weight is 388 g/mol. The number of carbonyl (C=O) groups is 1. The number of carbonyl (C=O) groups excluding carboxylic acids is 1. The molecule has 0 fully saturated rings. The smallest absolute Gasteiger partial charge is 0.252 e. The summed E-state index contributed by atoms with van der Waals surface area (Å²) >= 11 is 1.69. The van der Waals surface area contributed by atoms with E-state index >= 15 is 0 Å². The van der Waals surface area contributed by atoms with Gasteiger partial charge in [0.1, 0.15) is 0 Å². The lowest BCUT2D eigenvalue weighted by Crippen LogP contribution is -2.40. The number of amides is 1. The molecule has 2 aromatic rings. The maximum absolute atomic E-state index is 12.6. The number of thiophene rings is 1. The fourth-order valence-electron chi connectivity index (χ4n) is 3.15. The number of methoxy groups -OCH3 is 1. The summed E-state index contributed by atoms with van der Waals surface area (Å²) in [6.45, 7) is 9.26. The van der Waals surface area contributed by atoms with Crippen molar-refractivity contribution in [3.05, 3.63) is 51.0 Å². The van der Waals surface area contributed by atoms with Crippen LogP contribution in [0.2, 0.25) is 0 Å². The van der Waals surface area contributed by atoms with Gasteiger partial charge in [0.25, 0.3) is 5.91 Å². The van der Waals surface area contributed by atoms with Crippen molar-refractivity contribution in [3.63, 3.8) is 0 Å². The van der Waals surface area contributed by atoms with Crippen LogP contribution in [-0.4, -0.2) is 41.6 Å². The largest absolute Gasteiger partial charge is 0.377 e. The molecule has 1 amide bonds. The molecule has 1 aliphatic heterocycles. The Morgan fingerprint density at radius 2 is 2.22 bits per heavy atom. The van der Waals surface area contributed by atoms with Crippen molar-refractivity contribution >= 4 is 17.2 Å². The van der Waals surface area contributed by atoms with Gasteiger partial charge >= 0.3 is 0 Å². The zero-order chi connectivity index (χ0) is 19.4. The standard InChI is InChI=1S/C21H29N3O2S/c1-5-15-6-7-16(22-10-15)11-24-9-8-17-18(13-27-19(17)12-24)20(25)23-14-21(2,3)26-4/h6-7,10,13H,5,8-9,11-12,14H2,1-4H3,(H,23,25). The molecule has 0 spiro atoms. The van der Waals surface area contributed by atoms with E-state index in [0.717, 1.165) is 43.7 Å². The molecule has 5 nitrogen and oxygen atoms in total. The molecule has 0 saturated heterocycles. The van der Waals surface area contributed by atoms with Crippen LogP contribution in [0.3, 0.4) is 0 Å². The van der Waals surface area contributed by atoms with Gasteiger partial charge in [0.15, 0.2) is 0 Å². The predicted octanol–water partition coefficient (Wildman–Crippen LogP) is 3.42. The Hall–Kier alpha value is -1.76. The summed E-state index contributed by atoms with van der Waals surface area (Å²) in [7, 11) is 1.66. The lowest BCUT2D eigenvalue weighted by molar-refractivity contribution is 0.0228. The van der Waals surface area contributed by atoms with Crippen LogP contribution in [-0.2, 0) is 30.7 Å². The molecule has 146 valence electrons. The first-order chi connectivity index (χ1) is 12.9. The maximum Gasteiger partial charge on any atom is 0.252 e. The van der Waals surface area contributed by atoms with E-state index in [1.807, 2.05) is 25.4 Å². The fraction of sp³-hybridized carbons (Fsp3) is 0.524. The lowest BCUT2D eigenvalue weighted by atomic mass is 10.0. The topological polar surface area (TPSA) is 54.5 Å². The second-order valence-corrected chi connectivity index (χ2v) is 8.63. The van der Waals surface area contributed by atoms with Crippen molar-refractivity contribution in [2.24, 2.45) is 0 Å². The molecule has 0 aliphatic carbocycles. The Kier molecular flexibility index (Phi) is 6.29. The van der Waals surface area contributed by atoms with Gasteiger partial charge in [-0.1, -0.05) is 13.0 Å². The van der Waals surface area contributed by atoms with Crippen LogP contribution in [0, 0.1) is 0 Å². The van der Waals surface area contributed by atoms with E-state index in [1.54, 1.807) is 18.4 Å². The summed E-state index contributed by atoms with van der Waals surface area (Å²) in [4.78, 5) is 20.9. The minimum absolute atomic E-state index is 0.00268. The van der Waals surface area contributed by atoms with Gasteiger partial charge in [-0.2, -0.15) is 0 Å². The molecule has 3 rings (SSSR count). The van der Waals surface area contributed by atoms with Crippen LogP contribution in [0.1, 0.15) is 52.8 Å². The number of hydrogen-bond donors (Lipinski definition) is 1. The van der Waals surface area contributed by atoms with Crippen LogP contribution in [0.15, 0.2) is 23.7 Å². The average Bonchev–Trinajstić information content (AvgIpc) is 3.10. The van der Waals surface area contributed by atoms with Gasteiger partial charge < -0.3 is 10.1 Å². The SMILES string of the molecule is CCc1ccc(CN2CCc3c(C(=O)NCC(C)(C)OC)csc3C2)nc1. The second kappa shape index (κ2) is 8.50. The second-order valence-electron chi connectivity index (χ2n) is 7.67. The highest BCUT2D eigenvalue weighted by atomic mass is 32.1. The summed E-state index contributed by atoms with van der Waals surface area (Å²) in [6.07, 6.45) is 3.89. The molecule has 27 heavy (non-hydrogen) atoms. The number of aryl methyl sites for hydroxylation is 1. The Morgan fingerprint density at radius 1 is 1.41 bits per heavy atom. The number of fused-ring (bicyclic) bond motifs is 1. The quantitative estimate of drug-likeness (QED) is 0.791. The molecule has 0 saturated carbocycles. The summed E-state index contributed by atoms with van der Waals surface area (Å²) in [5.74, 6) is 0.00268. The van der Waals surface area contributed by atoms with Crippen LogP contribution < -0.4 is 5.32 Å². The molecule has 2 aromatic heterocycles. The minimum Gasteiger partial charge on any atom is -0.377 e. The van der Waals surface area contributed by atoms with Gasteiger partial charge in [0.05, 0.1) is 16.9 Å². The van der Waals surface area contributed by atoms with Crippen LogP contribution in [0.4, 0.5) is 0 Å². The number of nitrogens with one attached hydrogen (secondary N) is 1. The number of nitrogens with zero attached hydrogens (tertiary/aromatic N) is 2. The molecule has 0 unspecified atom stereocenters. The number of rotatable bonds is 7. The third-order valence-electron chi connectivity index (χ3n) is 5.18. The van der Waals surface area contributed by atoms with Crippen LogP contribution in [0.5, 0.6) is 0 Å². The molecular formula is C21H29N3O2S. The van der Waals surface area contributed by atoms with Crippen LogP contribution in [0.25, 0.3) is 0 Å². The van der Waals surface area contributed by atoms with E-state index in [-0.39, 0.29) is 11.5 Å². The predicted molar refractivity (Wildman–Crippen MR) is 109 cm³/mol. The zero-order valence-electron chi connectivity index (χ0n) is 16.7. The lowest BCUT2D eigenvalue weighted by Gasteiger charge is -2.27. The van der Waals surface area contributed by atoms with E-state index in [2.05, 4.69) is 34.3 Å². The summed E-state index contributed by atoms with van der Waals surface area (Å²) in [5, 5.41) is 5.00. The highest BCUT2D eigenvalue weighted by molar-refractivity contribution is 7.10. The molecule has 6 heteroatoms. The summed E-state index contributed by atoms with van der Waals surface area (Å²) < 4.78 is 5.38. The van der Waals surface area contributed by atoms with E-state index in [9.17, 15) is 4.79 Å². The van der Waals surface area contributed by atoms with Gasteiger partial charge in [-0.05, 0) is 43.9 Å². The Labute approximate surface area is 165 Å². The fourth-order valence-corrected chi connectivity index (χ4v) is 4.28. The first-order valence-corrected chi connectivity index (χ1v) is 10.4. The number of pyridine rings is 1. The first-order valence-electron chi connectivity index (χ1n) is 9.50. The molecule has 0 aromatic carbocycles. The van der Waals surface area contributed by atoms with Crippen molar-refractivity contribution in [2.45, 2.75) is 52.3 Å². The van der Waals surface area contributed by atoms with Crippen molar-refractivity contribution in [1.29, 1.82) is 0 Å². The first kappa shape index (κ1) is 20.0. The number of aromatic nitrogens is 1. The minimum atomic E-state index is -0.358. The molecular weight excluding hydrogens is 358 g/mol. The number of hydrogen-bond acceptors (Lipinski definition) is 5. The Balaban J connectivity index is 1.61. The van der Waals surface area contributed by atoms with Gasteiger partial charge in [0, 0.05) is 49.7 Å². The monoisotopic (exact) mass is 387 g/mol. The third-order valence-corrected chi connectivity index (χ3v) is 6.19. The normalized spacial score (nSPS) is 14.8. The zero-order valence-corrected chi connectivity index (χ0v) is 17.5. The van der Waals surface area contributed by atoms with Gasteiger partial charge in [-0.25, -0.2) is 0 Å². The van der Waals surface area contributed by atoms with Gasteiger partial charge in [0.2, 0.25) is 0 Å². The van der Waals surface area contributed by atoms with Crippen molar-refractivity contribution in [2.75, 3.05) is 20.2 Å². The summed E-state index contributed by atoms with van der Waals surface area (Å²) in [6, 6.07) is 4.28. The Bertz CT molecular complexity index is 783. The van der Waals surface area contributed by atoms with Gasteiger partial charge in [-0.15, -0.1) is 11.3 Å². The third kappa shape index (κ3) is 4.94. The highest BCUT2D eigenvalue weighted by Crippen LogP contribution is 2.29. The van der Waals surface area contributed by atoms with E-state index < -0.39 is 0 Å². The van der Waals surface area contributed by atoms with Crippen molar-refractivity contribution in [1.82, 2.24) is 15.2 Å². The van der Waals surface area contributed by atoms with Crippen molar-refractivity contribution < 1.29 is 9.53 Å². The van der Waals surface area contributed by atoms with Gasteiger partial charge in [-0.3, -0.25) is 14.7 Å². The molecule has 0 atom stereocenters. The maximum atomic E-state index is 12.6. The van der Waals surface area contributed by atoms with Crippen molar-refractivity contribution in [3.8, 4) is 0 Å². The Morgan fingerprint density at radius 3 is 2.89 bits per heavy atom. The van der Waals surface area contributed by atoms with E-state index in [4.69, 9.17) is 4.74 Å². The highest BCUT2D eigenvalue weighted by Gasteiger charge is 2.25. The molecule has 3 heterocycles. The summed E-state index contributed by atoms with van der Waals surface area (Å²) in [5.41, 5.74) is 4.05.